The predicted octanol–water partition coefficient (Wildman–Crippen LogP) is 3.39. The molecule has 0 heterocycles. The monoisotopic (exact) mass is 259 g/mol. The summed E-state index contributed by atoms with van der Waals surface area (Å²) in [6.45, 7) is 0.306. The molecule has 2 aromatic rings. The lowest BCUT2D eigenvalue weighted by atomic mass is 10.2. The zero-order valence-corrected chi connectivity index (χ0v) is 10.5. The SMILES string of the molecule is COc1cccc(C=NOCc2ccc(F)cc2)c1. The molecule has 0 atom stereocenters. The van der Waals surface area contributed by atoms with Gasteiger partial charge in [0.15, 0.2) is 0 Å². The van der Waals surface area contributed by atoms with E-state index in [4.69, 9.17) is 9.57 Å². The van der Waals surface area contributed by atoms with E-state index in [0.29, 0.717) is 6.61 Å². The number of hydrogen-bond donors (Lipinski definition) is 0. The highest BCUT2D eigenvalue weighted by molar-refractivity contribution is 5.79. The van der Waals surface area contributed by atoms with E-state index in [2.05, 4.69) is 5.16 Å². The zero-order valence-electron chi connectivity index (χ0n) is 10.5. The van der Waals surface area contributed by atoms with Crippen LogP contribution in [0.15, 0.2) is 53.7 Å². The van der Waals surface area contributed by atoms with Crippen LogP contribution in [0.5, 0.6) is 5.75 Å². The molecular formula is C15H14FNO2. The average molecular weight is 259 g/mol. The Bertz CT molecular complexity index is 552. The highest BCUT2D eigenvalue weighted by atomic mass is 19.1. The molecule has 0 aliphatic rings. The van der Waals surface area contributed by atoms with Gasteiger partial charge in [0.2, 0.25) is 0 Å². The van der Waals surface area contributed by atoms with Gasteiger partial charge in [-0.2, -0.15) is 0 Å². The Kier molecular flexibility index (Phi) is 4.50. The van der Waals surface area contributed by atoms with Crippen molar-refractivity contribution < 1.29 is 14.0 Å². The second-order valence-electron chi connectivity index (χ2n) is 3.91. The van der Waals surface area contributed by atoms with E-state index in [-0.39, 0.29) is 5.82 Å². The van der Waals surface area contributed by atoms with Crippen molar-refractivity contribution in [2.45, 2.75) is 6.61 Å². The molecule has 0 saturated carbocycles. The smallest absolute Gasteiger partial charge is 0.142 e. The normalized spacial score (nSPS) is 10.6. The molecule has 0 aliphatic heterocycles. The van der Waals surface area contributed by atoms with Crippen LogP contribution in [0.4, 0.5) is 4.39 Å². The van der Waals surface area contributed by atoms with Gasteiger partial charge in [0.1, 0.15) is 18.2 Å². The van der Waals surface area contributed by atoms with Crippen LogP contribution in [-0.4, -0.2) is 13.3 Å². The number of halogens is 1. The fourth-order valence-corrected chi connectivity index (χ4v) is 1.51. The Morgan fingerprint density at radius 1 is 1.16 bits per heavy atom. The number of oxime groups is 1. The van der Waals surface area contributed by atoms with Crippen LogP contribution in [0.3, 0.4) is 0 Å². The fraction of sp³-hybridized carbons (Fsp3) is 0.133. The molecule has 0 amide bonds. The van der Waals surface area contributed by atoms with Gasteiger partial charge in [-0.05, 0) is 35.4 Å². The van der Waals surface area contributed by atoms with Gasteiger partial charge in [-0.1, -0.05) is 29.4 Å². The number of rotatable bonds is 5. The summed E-state index contributed by atoms with van der Waals surface area (Å²) in [6.07, 6.45) is 1.60. The van der Waals surface area contributed by atoms with Crippen LogP contribution in [0.2, 0.25) is 0 Å². The molecule has 98 valence electrons. The van der Waals surface area contributed by atoms with E-state index in [1.807, 2.05) is 24.3 Å². The quantitative estimate of drug-likeness (QED) is 0.608. The van der Waals surface area contributed by atoms with Crippen LogP contribution < -0.4 is 4.74 Å². The van der Waals surface area contributed by atoms with Gasteiger partial charge in [0, 0.05) is 0 Å². The molecule has 0 bridgehead atoms. The van der Waals surface area contributed by atoms with Gasteiger partial charge in [-0.15, -0.1) is 0 Å². The van der Waals surface area contributed by atoms with Crippen LogP contribution in [0.25, 0.3) is 0 Å². The number of benzene rings is 2. The molecule has 3 nitrogen and oxygen atoms in total. The van der Waals surface area contributed by atoms with Crippen LogP contribution >= 0.6 is 0 Å². The van der Waals surface area contributed by atoms with E-state index >= 15 is 0 Å². The first-order chi connectivity index (χ1) is 9.28. The molecule has 0 saturated heterocycles. The van der Waals surface area contributed by atoms with Crippen molar-refractivity contribution in [3.05, 3.63) is 65.5 Å². The highest BCUT2D eigenvalue weighted by Gasteiger charge is 1.94. The Morgan fingerprint density at radius 3 is 2.68 bits per heavy atom. The Morgan fingerprint density at radius 2 is 1.95 bits per heavy atom. The summed E-state index contributed by atoms with van der Waals surface area (Å²) >= 11 is 0. The summed E-state index contributed by atoms with van der Waals surface area (Å²) < 4.78 is 17.8. The largest absolute Gasteiger partial charge is 0.497 e. The summed E-state index contributed by atoms with van der Waals surface area (Å²) in [6, 6.07) is 13.6. The minimum Gasteiger partial charge on any atom is -0.497 e. The van der Waals surface area contributed by atoms with E-state index in [1.54, 1.807) is 25.5 Å². The van der Waals surface area contributed by atoms with Gasteiger partial charge < -0.3 is 9.57 Å². The van der Waals surface area contributed by atoms with Gasteiger partial charge in [0.05, 0.1) is 13.3 Å². The highest BCUT2D eigenvalue weighted by Crippen LogP contribution is 2.11. The predicted molar refractivity (Wildman–Crippen MR) is 71.8 cm³/mol. The zero-order chi connectivity index (χ0) is 13.5. The number of nitrogens with zero attached hydrogens (tertiary/aromatic N) is 1. The van der Waals surface area contributed by atoms with Gasteiger partial charge >= 0.3 is 0 Å². The van der Waals surface area contributed by atoms with Crippen molar-refractivity contribution in [3.63, 3.8) is 0 Å². The third-order valence-corrected chi connectivity index (χ3v) is 2.51. The summed E-state index contributed by atoms with van der Waals surface area (Å²) in [4.78, 5) is 5.14. The third-order valence-electron chi connectivity index (χ3n) is 2.51. The maximum Gasteiger partial charge on any atom is 0.142 e. The first kappa shape index (κ1) is 13.1. The number of methoxy groups -OCH3 is 1. The summed E-state index contributed by atoms with van der Waals surface area (Å²) in [5.41, 5.74) is 1.75. The van der Waals surface area contributed by atoms with Gasteiger partial charge in [0.25, 0.3) is 0 Å². The van der Waals surface area contributed by atoms with Gasteiger partial charge in [-0.3, -0.25) is 0 Å². The lowest BCUT2D eigenvalue weighted by Gasteiger charge is -2.01. The minimum atomic E-state index is -0.261. The van der Waals surface area contributed by atoms with E-state index < -0.39 is 0 Å². The topological polar surface area (TPSA) is 30.8 Å². The van der Waals surface area contributed by atoms with E-state index in [0.717, 1.165) is 16.9 Å². The van der Waals surface area contributed by atoms with Crippen molar-refractivity contribution in [2.24, 2.45) is 5.16 Å². The first-order valence-corrected chi connectivity index (χ1v) is 5.82. The fourth-order valence-electron chi connectivity index (χ4n) is 1.51. The first-order valence-electron chi connectivity index (χ1n) is 5.82. The van der Waals surface area contributed by atoms with E-state index in [1.165, 1.54) is 12.1 Å². The second kappa shape index (κ2) is 6.54. The van der Waals surface area contributed by atoms with Crippen LogP contribution in [0.1, 0.15) is 11.1 Å². The molecule has 0 aromatic heterocycles. The number of hydrogen-bond acceptors (Lipinski definition) is 3. The van der Waals surface area contributed by atoms with Crippen LogP contribution in [-0.2, 0) is 11.4 Å². The van der Waals surface area contributed by atoms with Gasteiger partial charge in [-0.25, -0.2) is 4.39 Å². The third kappa shape index (κ3) is 4.10. The lowest BCUT2D eigenvalue weighted by molar-refractivity contribution is 0.132. The molecule has 0 spiro atoms. The maximum absolute atomic E-state index is 12.7. The molecule has 0 aliphatic carbocycles. The van der Waals surface area contributed by atoms with Crippen molar-refractivity contribution in [1.82, 2.24) is 0 Å². The standard InChI is InChI=1S/C15H14FNO2/c1-18-15-4-2-3-13(9-15)10-17-19-11-12-5-7-14(16)8-6-12/h2-10H,11H2,1H3. The molecule has 19 heavy (non-hydrogen) atoms. The second-order valence-corrected chi connectivity index (χ2v) is 3.91. The molecule has 4 heteroatoms. The summed E-state index contributed by atoms with van der Waals surface area (Å²) in [5.74, 6) is 0.506. The molecule has 0 radical (unpaired) electrons. The van der Waals surface area contributed by atoms with Crippen molar-refractivity contribution >= 4 is 6.21 Å². The Balaban J connectivity index is 1.87. The Labute approximate surface area is 111 Å². The van der Waals surface area contributed by atoms with Crippen molar-refractivity contribution in [1.29, 1.82) is 0 Å². The molecule has 2 aromatic carbocycles. The summed E-state index contributed by atoms with van der Waals surface area (Å²) in [5, 5.41) is 3.86. The maximum atomic E-state index is 12.7. The molecule has 0 fully saturated rings. The average Bonchev–Trinajstić information content (AvgIpc) is 2.46. The summed E-state index contributed by atoms with van der Waals surface area (Å²) in [7, 11) is 1.61. The Hall–Kier alpha value is -2.36. The lowest BCUT2D eigenvalue weighted by Crippen LogP contribution is -1.89. The molecular weight excluding hydrogens is 245 g/mol. The molecule has 2 rings (SSSR count). The van der Waals surface area contributed by atoms with Crippen molar-refractivity contribution in [3.8, 4) is 5.75 Å². The van der Waals surface area contributed by atoms with E-state index in [9.17, 15) is 4.39 Å². The van der Waals surface area contributed by atoms with Crippen LogP contribution in [0, 0.1) is 5.82 Å². The minimum absolute atomic E-state index is 0.261. The molecule has 0 N–H and O–H groups in total. The van der Waals surface area contributed by atoms with Crippen molar-refractivity contribution in [2.75, 3.05) is 7.11 Å². The molecule has 0 unspecified atom stereocenters. The number of ether oxygens (including phenoxy) is 1.